The smallest absolute Gasteiger partial charge is 0.237 e. The SMILES string of the molecule is Cc1ccc(F)cc1OC(C)CC(C)(NC(C)C)C(N)=O. The highest BCUT2D eigenvalue weighted by molar-refractivity contribution is 5.84. The first kappa shape index (κ1) is 17.4. The molecule has 4 nitrogen and oxygen atoms in total. The molecule has 0 saturated carbocycles. The summed E-state index contributed by atoms with van der Waals surface area (Å²) in [7, 11) is 0. The Kier molecular flexibility index (Phi) is 5.72. The Labute approximate surface area is 125 Å². The standard InChI is InChI=1S/C16H25FN2O2/c1-10(2)19-16(5,15(18)20)9-12(4)21-14-8-13(17)7-6-11(14)3/h6-8,10,12,19H,9H2,1-5H3,(H2,18,20). The van der Waals surface area contributed by atoms with Crippen molar-refractivity contribution in [2.45, 2.75) is 58.7 Å². The number of hydrogen-bond donors (Lipinski definition) is 2. The van der Waals surface area contributed by atoms with Crippen molar-refractivity contribution in [3.05, 3.63) is 29.6 Å². The Hall–Kier alpha value is -1.62. The molecule has 5 heteroatoms. The van der Waals surface area contributed by atoms with Crippen LogP contribution in [0.5, 0.6) is 5.75 Å². The zero-order chi connectivity index (χ0) is 16.2. The van der Waals surface area contributed by atoms with E-state index in [9.17, 15) is 9.18 Å². The maximum Gasteiger partial charge on any atom is 0.237 e. The minimum absolute atomic E-state index is 0.116. The van der Waals surface area contributed by atoms with Gasteiger partial charge in [-0.1, -0.05) is 6.07 Å². The Balaban J connectivity index is 2.81. The number of ether oxygens (including phenoxy) is 1. The second kappa shape index (κ2) is 6.89. The Morgan fingerprint density at radius 1 is 1.43 bits per heavy atom. The fourth-order valence-electron chi connectivity index (χ4n) is 2.40. The third kappa shape index (κ3) is 5.01. The summed E-state index contributed by atoms with van der Waals surface area (Å²) in [6.07, 6.45) is 0.116. The number of aryl methyl sites for hydroxylation is 1. The number of rotatable bonds is 7. The lowest BCUT2D eigenvalue weighted by Gasteiger charge is -2.32. The normalized spacial score (nSPS) is 15.6. The second-order valence-corrected chi connectivity index (χ2v) is 6.04. The van der Waals surface area contributed by atoms with Crippen LogP contribution in [-0.2, 0) is 4.79 Å². The van der Waals surface area contributed by atoms with E-state index in [4.69, 9.17) is 10.5 Å². The molecule has 0 aliphatic carbocycles. The number of carbonyl (C=O) groups excluding carboxylic acids is 1. The summed E-state index contributed by atoms with van der Waals surface area (Å²) in [5, 5.41) is 3.17. The predicted octanol–water partition coefficient (Wildman–Crippen LogP) is 2.53. The highest BCUT2D eigenvalue weighted by atomic mass is 19.1. The van der Waals surface area contributed by atoms with Gasteiger partial charge in [-0.2, -0.15) is 0 Å². The van der Waals surface area contributed by atoms with Gasteiger partial charge in [-0.3, -0.25) is 4.79 Å². The molecule has 118 valence electrons. The summed E-state index contributed by atoms with van der Waals surface area (Å²) < 4.78 is 19.0. The van der Waals surface area contributed by atoms with E-state index in [0.29, 0.717) is 12.2 Å². The van der Waals surface area contributed by atoms with Gasteiger partial charge in [0.15, 0.2) is 0 Å². The fraction of sp³-hybridized carbons (Fsp3) is 0.562. The van der Waals surface area contributed by atoms with Crippen molar-refractivity contribution in [3.8, 4) is 5.75 Å². The van der Waals surface area contributed by atoms with Crippen LogP contribution < -0.4 is 15.8 Å². The summed E-state index contributed by atoms with van der Waals surface area (Å²) in [5.41, 5.74) is 5.48. The molecule has 1 aromatic carbocycles. The molecule has 0 fully saturated rings. The van der Waals surface area contributed by atoms with Crippen molar-refractivity contribution >= 4 is 5.91 Å². The van der Waals surface area contributed by atoms with Crippen LogP contribution in [0.3, 0.4) is 0 Å². The number of nitrogens with two attached hydrogens (primary N) is 1. The van der Waals surface area contributed by atoms with Crippen LogP contribution in [0, 0.1) is 12.7 Å². The lowest BCUT2D eigenvalue weighted by atomic mass is 9.93. The molecule has 1 aromatic rings. The van der Waals surface area contributed by atoms with Gasteiger partial charge in [-0.15, -0.1) is 0 Å². The third-order valence-electron chi connectivity index (χ3n) is 3.33. The first-order valence-corrected chi connectivity index (χ1v) is 7.14. The molecule has 1 rings (SSSR count). The molecule has 0 saturated heterocycles. The summed E-state index contributed by atoms with van der Waals surface area (Å²) in [4.78, 5) is 11.7. The molecule has 0 radical (unpaired) electrons. The van der Waals surface area contributed by atoms with Crippen LogP contribution in [-0.4, -0.2) is 23.6 Å². The average Bonchev–Trinajstić information content (AvgIpc) is 2.32. The summed E-state index contributed by atoms with van der Waals surface area (Å²) in [6, 6.07) is 4.52. The molecule has 2 atom stereocenters. The molecule has 21 heavy (non-hydrogen) atoms. The van der Waals surface area contributed by atoms with Crippen molar-refractivity contribution in [1.82, 2.24) is 5.32 Å². The van der Waals surface area contributed by atoms with Gasteiger partial charge in [-0.05, 0) is 46.2 Å². The molecule has 1 amide bonds. The minimum Gasteiger partial charge on any atom is -0.490 e. The summed E-state index contributed by atoms with van der Waals surface area (Å²) in [6.45, 7) is 9.34. The predicted molar refractivity (Wildman–Crippen MR) is 81.7 cm³/mol. The molecule has 0 aliphatic heterocycles. The van der Waals surface area contributed by atoms with Gasteiger partial charge in [-0.25, -0.2) is 4.39 Å². The Morgan fingerprint density at radius 3 is 2.57 bits per heavy atom. The van der Waals surface area contributed by atoms with E-state index in [0.717, 1.165) is 5.56 Å². The molecule has 3 N–H and O–H groups in total. The van der Waals surface area contributed by atoms with Crippen LogP contribution in [0.4, 0.5) is 4.39 Å². The lowest BCUT2D eigenvalue weighted by molar-refractivity contribution is -0.125. The molecule has 0 spiro atoms. The fourth-order valence-corrected chi connectivity index (χ4v) is 2.40. The Morgan fingerprint density at radius 2 is 2.05 bits per heavy atom. The average molecular weight is 296 g/mol. The highest BCUT2D eigenvalue weighted by Gasteiger charge is 2.34. The van der Waals surface area contributed by atoms with Gasteiger partial charge >= 0.3 is 0 Å². The molecule has 0 bridgehead atoms. The van der Waals surface area contributed by atoms with E-state index >= 15 is 0 Å². The number of primary amides is 1. The van der Waals surface area contributed by atoms with Crippen LogP contribution in [0.2, 0.25) is 0 Å². The summed E-state index contributed by atoms with van der Waals surface area (Å²) >= 11 is 0. The number of halogens is 1. The number of hydrogen-bond acceptors (Lipinski definition) is 3. The van der Waals surface area contributed by atoms with Crippen molar-refractivity contribution in [2.75, 3.05) is 0 Å². The first-order chi connectivity index (χ1) is 9.64. The number of benzene rings is 1. The van der Waals surface area contributed by atoms with Crippen LogP contribution in [0.25, 0.3) is 0 Å². The number of carbonyl (C=O) groups is 1. The van der Waals surface area contributed by atoms with Crippen molar-refractivity contribution < 1.29 is 13.9 Å². The van der Waals surface area contributed by atoms with Gasteiger partial charge in [0.25, 0.3) is 0 Å². The first-order valence-electron chi connectivity index (χ1n) is 7.14. The molecule has 0 aromatic heterocycles. The van der Waals surface area contributed by atoms with E-state index in [1.807, 2.05) is 27.7 Å². The van der Waals surface area contributed by atoms with Gasteiger partial charge in [0.05, 0.1) is 11.6 Å². The monoisotopic (exact) mass is 296 g/mol. The van der Waals surface area contributed by atoms with Gasteiger partial charge in [0, 0.05) is 18.5 Å². The van der Waals surface area contributed by atoms with E-state index < -0.39 is 11.4 Å². The van der Waals surface area contributed by atoms with E-state index in [-0.39, 0.29) is 18.0 Å². The third-order valence-corrected chi connectivity index (χ3v) is 3.33. The van der Waals surface area contributed by atoms with Crippen molar-refractivity contribution in [1.29, 1.82) is 0 Å². The van der Waals surface area contributed by atoms with Crippen LogP contribution >= 0.6 is 0 Å². The second-order valence-electron chi connectivity index (χ2n) is 6.04. The zero-order valence-electron chi connectivity index (χ0n) is 13.4. The van der Waals surface area contributed by atoms with Gasteiger partial charge in [0.1, 0.15) is 11.6 Å². The maximum atomic E-state index is 13.3. The molecular weight excluding hydrogens is 271 g/mol. The van der Waals surface area contributed by atoms with Crippen molar-refractivity contribution in [2.24, 2.45) is 5.73 Å². The molecule has 0 aliphatic rings. The van der Waals surface area contributed by atoms with Gasteiger partial charge < -0.3 is 15.8 Å². The lowest BCUT2D eigenvalue weighted by Crippen LogP contribution is -2.57. The van der Waals surface area contributed by atoms with E-state index in [1.54, 1.807) is 13.0 Å². The highest BCUT2D eigenvalue weighted by Crippen LogP contribution is 2.23. The quantitative estimate of drug-likeness (QED) is 0.812. The van der Waals surface area contributed by atoms with Crippen molar-refractivity contribution in [3.63, 3.8) is 0 Å². The Bertz CT molecular complexity index is 505. The van der Waals surface area contributed by atoms with Crippen LogP contribution in [0.1, 0.15) is 39.7 Å². The molecule has 0 heterocycles. The molecular formula is C16H25FN2O2. The topological polar surface area (TPSA) is 64.3 Å². The minimum atomic E-state index is -0.866. The maximum absolute atomic E-state index is 13.3. The summed E-state index contributed by atoms with van der Waals surface area (Å²) in [5.74, 6) is -0.290. The number of nitrogens with one attached hydrogen (secondary N) is 1. The van der Waals surface area contributed by atoms with E-state index in [2.05, 4.69) is 5.32 Å². The number of amides is 1. The zero-order valence-corrected chi connectivity index (χ0v) is 13.4. The van der Waals surface area contributed by atoms with Crippen LogP contribution in [0.15, 0.2) is 18.2 Å². The molecule has 2 unspecified atom stereocenters. The van der Waals surface area contributed by atoms with E-state index in [1.165, 1.54) is 12.1 Å². The largest absolute Gasteiger partial charge is 0.490 e. The van der Waals surface area contributed by atoms with Gasteiger partial charge in [0.2, 0.25) is 5.91 Å².